The van der Waals surface area contributed by atoms with Crippen LogP contribution in [0.1, 0.15) is 125 Å². The van der Waals surface area contributed by atoms with Gasteiger partial charge in [0.25, 0.3) is 17.7 Å². The maximum atomic E-state index is 15.1. The number of carbonyl (C=O) groups is 10. The first-order valence-electron chi connectivity index (χ1n) is 30.1. The molecule has 7 amide bonds. The van der Waals surface area contributed by atoms with Crippen LogP contribution in [-0.4, -0.2) is 194 Å². The number of piperazine rings is 1. The fourth-order valence-corrected chi connectivity index (χ4v) is 12.4. The zero-order chi connectivity index (χ0) is 64.6. The number of hydrogen-bond acceptors (Lipinski definition) is 17. The van der Waals surface area contributed by atoms with Crippen LogP contribution in [-0.2, 0) is 65.3 Å². The molecule has 3 aromatic rings. The molecule has 2 saturated heterocycles. The van der Waals surface area contributed by atoms with Crippen LogP contribution in [0.25, 0.3) is 0 Å². The highest BCUT2D eigenvalue weighted by molar-refractivity contribution is 7.46. The monoisotopic (exact) mass is 1260 g/mol. The number of nitrogens with zero attached hydrogens (tertiary/aromatic N) is 7. The van der Waals surface area contributed by atoms with E-state index in [1.807, 2.05) is 57.8 Å². The van der Waals surface area contributed by atoms with Gasteiger partial charge >= 0.3 is 13.8 Å². The molecule has 9 atom stereocenters. The molecule has 0 aliphatic carbocycles. The number of phosphoric acid groups is 1. The average Bonchev–Trinajstić information content (AvgIpc) is 1.98. The van der Waals surface area contributed by atoms with Gasteiger partial charge in [-0.3, -0.25) is 67.5 Å². The lowest BCUT2D eigenvalue weighted by atomic mass is 9.84. The number of nitrogens with two attached hydrogens (primary N) is 1. The van der Waals surface area contributed by atoms with Gasteiger partial charge in [0.15, 0.2) is 17.7 Å². The van der Waals surface area contributed by atoms with Gasteiger partial charge in [0.2, 0.25) is 23.6 Å². The lowest BCUT2D eigenvalue weighted by molar-refractivity contribution is -0.149. The smallest absolute Gasteiger partial charge is 0.455 e. The number of hydrogen-bond donors (Lipinski definition) is 4. The highest BCUT2D eigenvalue weighted by atomic mass is 32.1. The first-order chi connectivity index (χ1) is 41.7. The van der Waals surface area contributed by atoms with E-state index < -0.39 is 91.6 Å². The molecule has 88 heavy (non-hydrogen) atoms. The first kappa shape index (κ1) is 70.1. The molecule has 0 bridgehead atoms. The van der Waals surface area contributed by atoms with Crippen molar-refractivity contribution in [3.8, 4) is 5.75 Å². The number of unbranched alkanes of at least 4 members (excludes halogenated alkanes) is 1. The highest BCUT2D eigenvalue weighted by Gasteiger charge is 2.42. The van der Waals surface area contributed by atoms with Crippen LogP contribution in [0, 0.1) is 23.7 Å². The van der Waals surface area contributed by atoms with Crippen molar-refractivity contribution >= 4 is 78.0 Å². The Balaban J connectivity index is 1.23. The number of carbonyl (C=O) groups excluding carboxylic acids is 10. The van der Waals surface area contributed by atoms with Crippen molar-refractivity contribution in [1.29, 1.82) is 0 Å². The molecule has 6 rings (SSSR count). The van der Waals surface area contributed by atoms with Gasteiger partial charge in [-0.1, -0.05) is 83.0 Å². The van der Waals surface area contributed by atoms with E-state index in [-0.39, 0.29) is 130 Å². The van der Waals surface area contributed by atoms with E-state index >= 15 is 4.79 Å². The molecule has 4 heterocycles. The number of ketones is 2. The maximum absolute atomic E-state index is 15.1. The number of likely N-dealkylation sites (N-methyl/N-ethyl adjacent to an activating group) is 2. The second kappa shape index (κ2) is 32.5. The second-order valence-electron chi connectivity index (χ2n) is 23.5. The molecule has 0 radical (unpaired) electrons. The quantitative estimate of drug-likeness (QED) is 0.0210. The standard InChI is InChI=1S/C62H86N9O15PS/c1-9-40(4)46(35-53(74)51-37-66(51)6)60(79)67(7)49(39(2)3)36-54(85-41(5)72)59-65-48(38-88-59)61(80)68(8)50(33-43-20-22-45(23-21-43)86-87(82,83)84)52(73)34-44(18-13-14-26-63)58(78)64-47(32-42-16-11-10-12-17-42)62(81)70-30-28-69(29-31-70)55(75)19-15-27-71-56(76)24-25-57(71)77/h10-12,16-17,20-25,38-40,44,46-47,49-51,54H,9,13-15,18-19,26-37,63H2,1-8H3,(H,64,78)(H2,82,83,84)/t40-,44-,46?,47-,49+,50-,51?,54+,66?/m0/s1. The Morgan fingerprint density at radius 1 is 0.852 bits per heavy atom. The summed E-state index contributed by atoms with van der Waals surface area (Å²) >= 11 is 1.05. The van der Waals surface area contributed by atoms with Crippen molar-refractivity contribution in [3.63, 3.8) is 0 Å². The number of Topliss-reactive ketones (excluding diaryl/α,β-unsaturated/α-hetero) is 2. The molecular weight excluding hydrogens is 1170 g/mol. The summed E-state index contributed by atoms with van der Waals surface area (Å²) < 4.78 is 22.3. The minimum atomic E-state index is -4.93. The molecule has 3 aliphatic rings. The van der Waals surface area contributed by atoms with Gasteiger partial charge in [0, 0.05) is 128 Å². The Hall–Kier alpha value is -7.02. The third-order valence-corrected chi connectivity index (χ3v) is 18.2. The van der Waals surface area contributed by atoms with Crippen molar-refractivity contribution in [2.75, 3.05) is 67.0 Å². The predicted octanol–water partition coefficient (Wildman–Crippen LogP) is 4.52. The number of benzene rings is 2. The number of nitrogens with one attached hydrogen (secondary N) is 1. The van der Waals surface area contributed by atoms with E-state index in [1.165, 1.54) is 60.7 Å². The molecule has 3 unspecified atom stereocenters. The molecular formula is C62H86N9O15PS. The van der Waals surface area contributed by atoms with Crippen molar-refractivity contribution in [3.05, 3.63) is 94.0 Å². The van der Waals surface area contributed by atoms with Gasteiger partial charge in [0.1, 0.15) is 22.5 Å². The van der Waals surface area contributed by atoms with Gasteiger partial charge in [-0.05, 0) is 74.4 Å². The average molecular weight is 1260 g/mol. The predicted molar refractivity (Wildman–Crippen MR) is 327 cm³/mol. The fourth-order valence-electron chi connectivity index (χ4n) is 11.2. The normalized spacial score (nSPS) is 18.2. The van der Waals surface area contributed by atoms with E-state index in [2.05, 4.69) is 10.3 Å². The van der Waals surface area contributed by atoms with Gasteiger partial charge in [-0.25, -0.2) is 9.55 Å². The van der Waals surface area contributed by atoms with Gasteiger partial charge in [-0.15, -0.1) is 11.3 Å². The van der Waals surface area contributed by atoms with Crippen LogP contribution in [0.5, 0.6) is 5.75 Å². The number of esters is 1. The summed E-state index contributed by atoms with van der Waals surface area (Å²) in [5.41, 5.74) is 7.02. The SMILES string of the molecule is CC[C@H](C)C(CC(=O)C1CN1C)C(=O)N(C)[C@H](C[C@@H](OC(C)=O)c1nc(C(=O)N(C)[C@@H](Cc2ccc(OP(=O)(O)O)cc2)C(=O)C[C@H](CCCCN)C(=O)N[C@@H](Cc2ccccc2)C(=O)N2CCN(C(=O)CCCN3C(=O)C=CC3=O)CC2)cs1)C(C)C. The molecule has 0 spiro atoms. The number of aromatic nitrogens is 1. The van der Waals surface area contributed by atoms with Crippen LogP contribution in [0.4, 0.5) is 0 Å². The number of ether oxygens (including phenoxy) is 1. The summed E-state index contributed by atoms with van der Waals surface area (Å²) in [6, 6.07) is 11.6. The van der Waals surface area contributed by atoms with Gasteiger partial charge in [-0.2, -0.15) is 0 Å². The summed E-state index contributed by atoms with van der Waals surface area (Å²) in [5.74, 6) is -6.11. The Kier molecular flexibility index (Phi) is 25.8. The summed E-state index contributed by atoms with van der Waals surface area (Å²) in [5, 5.41) is 4.70. The first-order valence-corrected chi connectivity index (χ1v) is 32.5. The molecule has 2 aromatic carbocycles. The summed E-state index contributed by atoms with van der Waals surface area (Å²) in [7, 11) is 0.0263. The molecule has 5 N–H and O–H groups in total. The highest BCUT2D eigenvalue weighted by Crippen LogP contribution is 2.38. The van der Waals surface area contributed by atoms with Crippen LogP contribution in [0.15, 0.2) is 72.1 Å². The number of amides is 7. The minimum absolute atomic E-state index is 0.0133. The zero-order valence-corrected chi connectivity index (χ0v) is 53.3. The molecule has 1 aromatic heterocycles. The molecule has 0 saturated carbocycles. The van der Waals surface area contributed by atoms with Crippen LogP contribution in [0.2, 0.25) is 0 Å². The Bertz CT molecular complexity index is 3020. The van der Waals surface area contributed by atoms with Gasteiger partial charge in [0.05, 0.1) is 12.1 Å². The van der Waals surface area contributed by atoms with Crippen LogP contribution < -0.4 is 15.6 Å². The second-order valence-corrected chi connectivity index (χ2v) is 25.6. The van der Waals surface area contributed by atoms with Gasteiger partial charge < -0.3 is 39.9 Å². The maximum Gasteiger partial charge on any atom is 0.524 e. The lowest BCUT2D eigenvalue weighted by Crippen LogP contribution is -2.57. The van der Waals surface area contributed by atoms with E-state index in [0.29, 0.717) is 37.9 Å². The Morgan fingerprint density at radius 3 is 2.06 bits per heavy atom. The topological polar surface area (TPSA) is 317 Å². The molecule has 480 valence electrons. The Labute approximate surface area is 518 Å². The summed E-state index contributed by atoms with van der Waals surface area (Å²) in [4.78, 5) is 169. The lowest BCUT2D eigenvalue weighted by Gasteiger charge is -2.37. The largest absolute Gasteiger partial charge is 0.524 e. The molecule has 3 aliphatic heterocycles. The summed E-state index contributed by atoms with van der Waals surface area (Å²) in [6.45, 7) is 10.8. The zero-order valence-electron chi connectivity index (χ0n) is 51.6. The third kappa shape index (κ3) is 20.0. The van der Waals surface area contributed by atoms with E-state index in [9.17, 15) is 57.5 Å². The van der Waals surface area contributed by atoms with Crippen molar-refractivity contribution in [2.45, 2.75) is 136 Å². The van der Waals surface area contributed by atoms with E-state index in [4.69, 9.17) is 15.0 Å². The summed E-state index contributed by atoms with van der Waals surface area (Å²) in [6.07, 6.45) is 3.26. The van der Waals surface area contributed by atoms with Crippen LogP contribution >= 0.6 is 19.2 Å². The number of rotatable bonds is 34. The third-order valence-electron chi connectivity index (χ3n) is 16.8. The molecule has 24 nitrogen and oxygen atoms in total. The van der Waals surface area contributed by atoms with Crippen molar-refractivity contribution in [2.24, 2.45) is 29.4 Å². The van der Waals surface area contributed by atoms with E-state index in [0.717, 1.165) is 21.8 Å². The minimum Gasteiger partial charge on any atom is -0.455 e. The van der Waals surface area contributed by atoms with Crippen molar-refractivity contribution in [1.82, 2.24) is 39.7 Å². The molecule has 2 fully saturated rings. The van der Waals surface area contributed by atoms with E-state index in [1.54, 1.807) is 33.9 Å². The number of thiazole rings is 1. The fraction of sp³-hybridized carbons (Fsp3) is 0.565. The Morgan fingerprint density at radius 2 is 1.48 bits per heavy atom. The van der Waals surface area contributed by atoms with Crippen LogP contribution in [0.3, 0.4) is 0 Å². The number of phosphoric ester groups is 1. The number of imide groups is 1. The molecule has 26 heteroatoms. The van der Waals surface area contributed by atoms with Crippen molar-refractivity contribution < 1.29 is 71.6 Å².